The Morgan fingerprint density at radius 1 is 1.02 bits per heavy atom. The van der Waals surface area contributed by atoms with Gasteiger partial charge in [0.2, 0.25) is 5.91 Å². The second kappa shape index (κ2) is 12.5. The number of rotatable bonds is 9. The largest absolute Gasteiger partial charge is 0.387 e. The molecule has 2 aromatic heterocycles. The number of anilines is 1. The molecule has 1 aliphatic carbocycles. The molecule has 1 aliphatic rings. The van der Waals surface area contributed by atoms with Crippen LogP contribution in [0, 0.1) is 12.8 Å². The quantitative estimate of drug-likeness (QED) is 0.269. The number of aromatic nitrogens is 4. The van der Waals surface area contributed by atoms with Gasteiger partial charge >= 0.3 is 0 Å². The topological polar surface area (TPSA) is 114 Å². The molecule has 0 aliphatic heterocycles. The first-order valence-electron chi connectivity index (χ1n) is 14.3. The van der Waals surface area contributed by atoms with Gasteiger partial charge in [0.15, 0.2) is 0 Å². The van der Waals surface area contributed by atoms with Crippen LogP contribution in [0.25, 0.3) is 11.1 Å². The van der Waals surface area contributed by atoms with E-state index >= 15 is 0 Å². The van der Waals surface area contributed by atoms with Gasteiger partial charge in [0, 0.05) is 24.5 Å². The first-order valence-corrected chi connectivity index (χ1v) is 14.3. The van der Waals surface area contributed by atoms with Crippen LogP contribution in [0.3, 0.4) is 0 Å². The number of carbonyl (C=O) groups excluding carboxylic acids is 2. The van der Waals surface area contributed by atoms with Gasteiger partial charge in [-0.3, -0.25) is 19.0 Å². The maximum absolute atomic E-state index is 13.5. The maximum Gasteiger partial charge on any atom is 0.270 e. The highest BCUT2D eigenvalue weighted by atomic mass is 16.3. The van der Waals surface area contributed by atoms with Gasteiger partial charge in [-0.1, -0.05) is 61.7 Å². The minimum Gasteiger partial charge on any atom is -0.387 e. The summed E-state index contributed by atoms with van der Waals surface area (Å²) in [7, 11) is 1.71. The molecule has 1 saturated carbocycles. The van der Waals surface area contributed by atoms with Crippen molar-refractivity contribution in [3.8, 4) is 11.1 Å². The summed E-state index contributed by atoms with van der Waals surface area (Å²) in [5.41, 5.74) is 5.52. The molecule has 5 rings (SSSR count). The second-order valence-corrected chi connectivity index (χ2v) is 10.9. The predicted octanol–water partition coefficient (Wildman–Crippen LogP) is 5.01. The molecule has 0 saturated heterocycles. The van der Waals surface area contributed by atoms with Gasteiger partial charge in [0.1, 0.15) is 11.7 Å². The molecule has 2 atom stereocenters. The van der Waals surface area contributed by atoms with Gasteiger partial charge in [-0.15, -0.1) is 0 Å². The van der Waals surface area contributed by atoms with E-state index in [0.29, 0.717) is 17.9 Å². The Labute approximate surface area is 240 Å². The number of hydrogen-bond acceptors (Lipinski definition) is 5. The number of aliphatic hydroxyl groups excluding tert-OH is 1. The van der Waals surface area contributed by atoms with Gasteiger partial charge in [-0.2, -0.15) is 10.2 Å². The standard InChI is InChI=1S/C32H38N6O3/c1-21-28(30(22(2)39)38(36-21)20-23-10-6-4-7-11-23)24-14-16-26(17-15-24)34-32(41)29(25-12-8-5-9-13-25)35-31(40)27-18-19-33-37(27)3/h4,6-7,10-11,14-19,22,25,29,39H,5,8-9,12-13,20H2,1-3H3,(H,34,41)(H,35,40)/t22?,29-/m0/s1. The van der Waals surface area contributed by atoms with E-state index in [4.69, 9.17) is 5.10 Å². The lowest BCUT2D eigenvalue weighted by Gasteiger charge is -2.30. The normalized spacial score (nSPS) is 15.3. The summed E-state index contributed by atoms with van der Waals surface area (Å²) >= 11 is 0. The SMILES string of the molecule is Cc1nn(Cc2ccccc2)c(C(C)O)c1-c1ccc(NC(=O)[C@@H](NC(=O)c2ccnn2C)C2CCCCC2)cc1. The highest BCUT2D eigenvalue weighted by molar-refractivity contribution is 6.00. The first-order chi connectivity index (χ1) is 19.8. The fraction of sp³-hybridized carbons (Fsp3) is 0.375. The summed E-state index contributed by atoms with van der Waals surface area (Å²) in [6.07, 6.45) is 5.91. The van der Waals surface area contributed by atoms with Gasteiger partial charge in [-0.25, -0.2) is 0 Å². The van der Waals surface area contributed by atoms with Crippen molar-refractivity contribution in [1.29, 1.82) is 0 Å². The molecule has 0 radical (unpaired) electrons. The Morgan fingerprint density at radius 3 is 2.37 bits per heavy atom. The molecule has 0 bridgehead atoms. The zero-order chi connectivity index (χ0) is 28.9. The monoisotopic (exact) mass is 554 g/mol. The van der Waals surface area contributed by atoms with Crippen molar-refractivity contribution in [2.45, 2.75) is 64.6 Å². The number of carbonyl (C=O) groups is 2. The minimum absolute atomic E-state index is 0.0758. The fourth-order valence-corrected chi connectivity index (χ4v) is 5.87. The highest BCUT2D eigenvalue weighted by Gasteiger charge is 2.32. The molecule has 1 unspecified atom stereocenters. The van der Waals surface area contributed by atoms with E-state index in [2.05, 4.69) is 15.7 Å². The van der Waals surface area contributed by atoms with E-state index in [1.54, 1.807) is 26.2 Å². The van der Waals surface area contributed by atoms with Gasteiger partial charge in [0.05, 0.1) is 24.0 Å². The van der Waals surface area contributed by atoms with Crippen LogP contribution in [-0.2, 0) is 18.4 Å². The molecule has 9 nitrogen and oxygen atoms in total. The zero-order valence-electron chi connectivity index (χ0n) is 23.9. The number of nitrogens with one attached hydrogen (secondary N) is 2. The van der Waals surface area contributed by atoms with E-state index in [9.17, 15) is 14.7 Å². The van der Waals surface area contributed by atoms with Gasteiger partial charge < -0.3 is 15.7 Å². The molecular formula is C32H38N6O3. The van der Waals surface area contributed by atoms with E-state index in [1.165, 1.54) is 4.68 Å². The maximum atomic E-state index is 13.5. The van der Waals surface area contributed by atoms with Crippen LogP contribution in [0.2, 0.25) is 0 Å². The van der Waals surface area contributed by atoms with Crippen LogP contribution in [0.15, 0.2) is 66.9 Å². The number of nitrogens with zero attached hydrogens (tertiary/aromatic N) is 4. The van der Waals surface area contributed by atoms with E-state index < -0.39 is 12.1 Å². The third-order valence-corrected chi connectivity index (χ3v) is 7.92. The van der Waals surface area contributed by atoms with Crippen LogP contribution >= 0.6 is 0 Å². The minimum atomic E-state index is -0.714. The lowest BCUT2D eigenvalue weighted by Crippen LogP contribution is -2.49. The molecule has 4 aromatic rings. The first kappa shape index (κ1) is 28.3. The number of amides is 2. The summed E-state index contributed by atoms with van der Waals surface area (Å²) in [6, 6.07) is 18.6. The summed E-state index contributed by atoms with van der Waals surface area (Å²) in [4.78, 5) is 26.5. The molecule has 1 fully saturated rings. The molecule has 2 heterocycles. The molecule has 2 aromatic carbocycles. The summed E-state index contributed by atoms with van der Waals surface area (Å²) in [6.45, 7) is 4.25. The van der Waals surface area contributed by atoms with Crippen molar-refractivity contribution < 1.29 is 14.7 Å². The lowest BCUT2D eigenvalue weighted by molar-refractivity contribution is -0.119. The lowest BCUT2D eigenvalue weighted by atomic mass is 9.83. The third-order valence-electron chi connectivity index (χ3n) is 7.92. The van der Waals surface area contributed by atoms with Crippen molar-refractivity contribution in [3.63, 3.8) is 0 Å². The van der Waals surface area contributed by atoms with Crippen molar-refractivity contribution >= 4 is 17.5 Å². The molecule has 2 amide bonds. The van der Waals surface area contributed by atoms with Crippen LogP contribution in [0.1, 0.15) is 72.6 Å². The Bertz CT molecular complexity index is 1480. The molecule has 9 heteroatoms. The van der Waals surface area contributed by atoms with Gasteiger partial charge in [0.25, 0.3) is 5.91 Å². The van der Waals surface area contributed by atoms with Crippen molar-refractivity contribution in [1.82, 2.24) is 24.9 Å². The van der Waals surface area contributed by atoms with Crippen molar-refractivity contribution in [2.24, 2.45) is 13.0 Å². The summed E-state index contributed by atoms with van der Waals surface area (Å²) in [5.74, 6) is -0.455. The Morgan fingerprint density at radius 2 is 1.73 bits per heavy atom. The predicted molar refractivity (Wildman–Crippen MR) is 158 cm³/mol. The van der Waals surface area contributed by atoms with Crippen molar-refractivity contribution in [2.75, 3.05) is 5.32 Å². The second-order valence-electron chi connectivity index (χ2n) is 10.9. The van der Waals surface area contributed by atoms with E-state index in [1.807, 2.05) is 66.2 Å². The Balaban J connectivity index is 1.35. The van der Waals surface area contributed by atoms with Crippen LogP contribution in [-0.4, -0.2) is 42.5 Å². The van der Waals surface area contributed by atoms with Gasteiger partial charge in [-0.05, 0) is 61.9 Å². The fourth-order valence-electron chi connectivity index (χ4n) is 5.87. The average Bonchev–Trinajstić information content (AvgIpc) is 3.55. The molecule has 3 N–H and O–H groups in total. The molecular weight excluding hydrogens is 516 g/mol. The molecule has 41 heavy (non-hydrogen) atoms. The smallest absolute Gasteiger partial charge is 0.270 e. The Hall–Kier alpha value is -4.24. The number of aryl methyl sites for hydroxylation is 2. The number of aliphatic hydroxyl groups is 1. The molecule has 214 valence electrons. The average molecular weight is 555 g/mol. The van der Waals surface area contributed by atoms with Crippen LogP contribution in [0.5, 0.6) is 0 Å². The Kier molecular flexibility index (Phi) is 8.64. The van der Waals surface area contributed by atoms with Crippen LogP contribution < -0.4 is 10.6 Å². The summed E-state index contributed by atoms with van der Waals surface area (Å²) in [5, 5.41) is 25.5. The number of benzene rings is 2. The van der Waals surface area contributed by atoms with Crippen molar-refractivity contribution in [3.05, 3.63) is 89.5 Å². The third kappa shape index (κ3) is 6.41. The summed E-state index contributed by atoms with van der Waals surface area (Å²) < 4.78 is 3.37. The number of hydrogen-bond donors (Lipinski definition) is 3. The zero-order valence-corrected chi connectivity index (χ0v) is 23.9. The van der Waals surface area contributed by atoms with E-state index in [-0.39, 0.29) is 17.7 Å². The highest BCUT2D eigenvalue weighted by Crippen LogP contribution is 2.33. The van der Waals surface area contributed by atoms with E-state index in [0.717, 1.165) is 60.2 Å². The molecule has 0 spiro atoms. The van der Waals surface area contributed by atoms with Crippen LogP contribution in [0.4, 0.5) is 5.69 Å².